The number of carboxylic acids is 1. The van der Waals surface area contributed by atoms with E-state index in [9.17, 15) is 31.5 Å². The lowest BCUT2D eigenvalue weighted by atomic mass is 9.95. The zero-order chi connectivity index (χ0) is 25.1. The summed E-state index contributed by atoms with van der Waals surface area (Å²) in [5.74, 6) is -4.82. The van der Waals surface area contributed by atoms with E-state index >= 15 is 0 Å². The molecule has 184 valence electrons. The van der Waals surface area contributed by atoms with E-state index in [1.165, 1.54) is 29.2 Å². The molecule has 0 aromatic heterocycles. The minimum absolute atomic E-state index is 0.0733. The predicted octanol–water partition coefficient (Wildman–Crippen LogP) is 5.27. The van der Waals surface area contributed by atoms with Gasteiger partial charge in [-0.2, -0.15) is 13.2 Å². The second-order valence-electron chi connectivity index (χ2n) is 8.39. The molecular weight excluding hydrogens is 459 g/mol. The largest absolute Gasteiger partial charge is 0.478 e. The second kappa shape index (κ2) is 10.1. The van der Waals surface area contributed by atoms with E-state index in [4.69, 9.17) is 5.11 Å². The molecule has 0 bridgehead atoms. The van der Waals surface area contributed by atoms with Crippen LogP contribution in [0.4, 0.5) is 22.0 Å². The highest BCUT2D eigenvalue weighted by Crippen LogP contribution is 2.34. The summed E-state index contributed by atoms with van der Waals surface area (Å²) in [7, 11) is 0. The van der Waals surface area contributed by atoms with Crippen LogP contribution in [-0.4, -0.2) is 40.4 Å². The summed E-state index contributed by atoms with van der Waals surface area (Å²) in [6.45, 7) is 1.56. The minimum atomic E-state index is -4.54. The Morgan fingerprint density at radius 1 is 1.18 bits per heavy atom. The van der Waals surface area contributed by atoms with Gasteiger partial charge in [0, 0.05) is 25.9 Å². The van der Waals surface area contributed by atoms with Gasteiger partial charge in [-0.3, -0.25) is 9.69 Å². The third kappa shape index (κ3) is 6.31. The Labute approximate surface area is 193 Å². The first kappa shape index (κ1) is 25.6. The molecule has 1 aliphatic heterocycles. The van der Waals surface area contributed by atoms with Gasteiger partial charge in [-0.15, -0.1) is 0 Å². The molecule has 0 spiro atoms. The Bertz CT molecular complexity index is 1020. The third-order valence-electron chi connectivity index (χ3n) is 5.92. The molecule has 1 saturated heterocycles. The van der Waals surface area contributed by atoms with Crippen molar-refractivity contribution in [2.75, 3.05) is 6.54 Å². The van der Waals surface area contributed by atoms with Crippen LogP contribution in [0.1, 0.15) is 59.3 Å². The average molecular weight is 484 g/mol. The summed E-state index contributed by atoms with van der Waals surface area (Å²) in [6.07, 6.45) is -5.35. The first-order chi connectivity index (χ1) is 15.9. The number of hydrogen-bond acceptors (Lipinski definition) is 3. The maximum absolute atomic E-state index is 14.2. The lowest BCUT2D eigenvalue weighted by molar-refractivity contribution is -0.139. The number of nitrogens with one attached hydrogen (secondary N) is 1. The Morgan fingerprint density at radius 2 is 1.85 bits per heavy atom. The summed E-state index contributed by atoms with van der Waals surface area (Å²) in [5, 5.41) is 11.8. The first-order valence-electron chi connectivity index (χ1n) is 10.8. The van der Waals surface area contributed by atoms with E-state index in [1.807, 2.05) is 0 Å². The quantitative estimate of drug-likeness (QED) is 0.526. The average Bonchev–Trinajstić information content (AvgIpc) is 2.78. The number of benzene rings is 2. The Balaban J connectivity index is 1.79. The van der Waals surface area contributed by atoms with Crippen molar-refractivity contribution in [2.45, 2.75) is 56.9 Å². The fraction of sp³-hybridized carbons (Fsp3) is 0.417. The minimum Gasteiger partial charge on any atom is -0.478 e. The van der Waals surface area contributed by atoms with Gasteiger partial charge in [-0.25, -0.2) is 13.6 Å². The molecular formula is C24H25F5N2O3. The van der Waals surface area contributed by atoms with Gasteiger partial charge in [-0.05, 0) is 35.7 Å². The highest BCUT2D eigenvalue weighted by Gasteiger charge is 2.43. The molecule has 10 heteroatoms. The molecule has 0 saturated carbocycles. The monoisotopic (exact) mass is 484 g/mol. The van der Waals surface area contributed by atoms with E-state index < -0.39 is 54.5 Å². The number of halogens is 5. The van der Waals surface area contributed by atoms with Crippen molar-refractivity contribution in [3.05, 3.63) is 70.8 Å². The number of aromatic carboxylic acids is 1. The number of piperidine rings is 1. The first-order valence-corrected chi connectivity index (χ1v) is 10.8. The topological polar surface area (TPSA) is 69.6 Å². The maximum Gasteiger partial charge on any atom is 0.416 e. The van der Waals surface area contributed by atoms with Crippen LogP contribution in [0.5, 0.6) is 0 Å². The number of carbonyl (C=O) groups excluding carboxylic acids is 1. The highest BCUT2D eigenvalue weighted by atomic mass is 19.4. The normalized spacial score (nSPS) is 19.4. The Morgan fingerprint density at radius 3 is 2.44 bits per heavy atom. The van der Waals surface area contributed by atoms with Gasteiger partial charge in [0.2, 0.25) is 5.91 Å². The third-order valence-corrected chi connectivity index (χ3v) is 5.92. The van der Waals surface area contributed by atoms with Crippen LogP contribution in [0.2, 0.25) is 0 Å². The summed E-state index contributed by atoms with van der Waals surface area (Å²) in [4.78, 5) is 25.6. The van der Waals surface area contributed by atoms with Gasteiger partial charge < -0.3 is 10.4 Å². The molecule has 2 aromatic carbocycles. The number of amides is 1. The number of alkyl halides is 5. The van der Waals surface area contributed by atoms with Crippen LogP contribution in [0.15, 0.2) is 48.5 Å². The van der Waals surface area contributed by atoms with Crippen molar-refractivity contribution < 1.29 is 36.6 Å². The van der Waals surface area contributed by atoms with E-state index in [1.54, 1.807) is 19.1 Å². The number of rotatable bonds is 7. The highest BCUT2D eigenvalue weighted by molar-refractivity contribution is 5.87. The number of hydrogen-bond donors (Lipinski definition) is 2. The van der Waals surface area contributed by atoms with Crippen LogP contribution < -0.4 is 5.32 Å². The van der Waals surface area contributed by atoms with E-state index in [2.05, 4.69) is 5.32 Å². The molecule has 2 unspecified atom stereocenters. The van der Waals surface area contributed by atoms with Gasteiger partial charge in [0.15, 0.2) is 0 Å². The molecule has 1 heterocycles. The lowest BCUT2D eigenvalue weighted by Crippen LogP contribution is -2.54. The molecule has 0 aliphatic carbocycles. The smallest absolute Gasteiger partial charge is 0.416 e. The molecule has 0 radical (unpaired) electrons. The zero-order valence-electron chi connectivity index (χ0n) is 18.4. The van der Waals surface area contributed by atoms with Gasteiger partial charge in [0.1, 0.15) is 0 Å². The van der Waals surface area contributed by atoms with Gasteiger partial charge >= 0.3 is 12.1 Å². The molecule has 1 fully saturated rings. The van der Waals surface area contributed by atoms with Crippen LogP contribution >= 0.6 is 0 Å². The number of nitrogens with zero attached hydrogens (tertiary/aromatic N) is 1. The molecule has 5 nitrogen and oxygen atoms in total. The molecule has 2 N–H and O–H groups in total. The van der Waals surface area contributed by atoms with Crippen LogP contribution in [0, 0.1) is 0 Å². The predicted molar refractivity (Wildman–Crippen MR) is 114 cm³/mol. The van der Waals surface area contributed by atoms with Crippen molar-refractivity contribution in [3.63, 3.8) is 0 Å². The van der Waals surface area contributed by atoms with Crippen molar-refractivity contribution in [1.29, 1.82) is 0 Å². The number of likely N-dealkylation sites (tertiary alicyclic amines) is 1. The number of carboxylic acid groups (broad SMARTS) is 1. The second-order valence-corrected chi connectivity index (χ2v) is 8.39. The molecule has 1 aliphatic rings. The number of carbonyl (C=O) groups is 2. The van der Waals surface area contributed by atoms with Crippen LogP contribution in [0.3, 0.4) is 0 Å². The van der Waals surface area contributed by atoms with E-state index in [0.29, 0.717) is 12.0 Å². The standard InChI is InChI=1S/C24H25F5N2O3/c1-2-19(16-6-8-17(9-7-16)22(33)34)30-21(32)20-13-23(25,26)10-11-31(20)14-15-4-3-5-18(12-15)24(27,28)29/h3-9,12,19-20H,2,10-11,13-14H2,1H3,(H,30,32)(H,33,34). The maximum atomic E-state index is 14.2. The van der Waals surface area contributed by atoms with Gasteiger partial charge in [0.25, 0.3) is 5.92 Å². The van der Waals surface area contributed by atoms with E-state index in [0.717, 1.165) is 12.1 Å². The summed E-state index contributed by atoms with van der Waals surface area (Å²) in [6, 6.07) is 8.71. The Hall–Kier alpha value is -3.01. The van der Waals surface area contributed by atoms with E-state index in [-0.39, 0.29) is 24.2 Å². The lowest BCUT2D eigenvalue weighted by Gasteiger charge is -2.39. The fourth-order valence-corrected chi connectivity index (χ4v) is 4.05. The zero-order valence-corrected chi connectivity index (χ0v) is 18.4. The molecule has 1 amide bonds. The molecule has 2 atom stereocenters. The SMILES string of the molecule is CCC(NC(=O)C1CC(F)(F)CCN1Cc1cccc(C(F)(F)F)c1)c1ccc(C(=O)O)cc1. The molecule has 34 heavy (non-hydrogen) atoms. The van der Waals surface area contributed by atoms with Crippen molar-refractivity contribution >= 4 is 11.9 Å². The van der Waals surface area contributed by atoms with Gasteiger partial charge in [-0.1, -0.05) is 37.3 Å². The fourth-order valence-electron chi connectivity index (χ4n) is 4.05. The summed E-state index contributed by atoms with van der Waals surface area (Å²) >= 11 is 0. The molecule has 3 rings (SSSR count). The summed E-state index contributed by atoms with van der Waals surface area (Å²) in [5.41, 5.74) is 0.121. The summed E-state index contributed by atoms with van der Waals surface area (Å²) < 4.78 is 67.6. The van der Waals surface area contributed by atoms with Crippen molar-refractivity contribution in [2.24, 2.45) is 0 Å². The Kier molecular flexibility index (Phi) is 7.60. The van der Waals surface area contributed by atoms with Crippen molar-refractivity contribution in [3.8, 4) is 0 Å². The van der Waals surface area contributed by atoms with Crippen LogP contribution in [0.25, 0.3) is 0 Å². The molecule has 2 aromatic rings. The van der Waals surface area contributed by atoms with Crippen molar-refractivity contribution in [1.82, 2.24) is 10.2 Å². The van der Waals surface area contributed by atoms with Gasteiger partial charge in [0.05, 0.1) is 23.2 Å². The van der Waals surface area contributed by atoms with Crippen LogP contribution in [-0.2, 0) is 17.5 Å².